The van der Waals surface area contributed by atoms with Gasteiger partial charge < -0.3 is 15.4 Å². The first-order chi connectivity index (χ1) is 17.1. The van der Waals surface area contributed by atoms with E-state index in [0.29, 0.717) is 29.7 Å². The number of hydrogen-bond acceptors (Lipinski definition) is 5. The number of nitrogens with one attached hydrogen (secondary N) is 3. The summed E-state index contributed by atoms with van der Waals surface area (Å²) in [5.41, 5.74) is 2.74. The summed E-state index contributed by atoms with van der Waals surface area (Å²) in [6, 6.07) is 24.1. The van der Waals surface area contributed by atoms with Crippen molar-refractivity contribution in [2.24, 2.45) is 11.8 Å². The minimum atomic E-state index is -0.492. The molecular weight excluding hydrogens is 444 g/mol. The lowest BCUT2D eigenvalue weighted by Crippen LogP contribution is -2.27. The number of aromatic amines is 1. The van der Waals surface area contributed by atoms with Gasteiger partial charge in [0.1, 0.15) is 6.61 Å². The Bertz CT molecular complexity index is 1430. The van der Waals surface area contributed by atoms with Gasteiger partial charge in [0.15, 0.2) is 0 Å². The van der Waals surface area contributed by atoms with Crippen molar-refractivity contribution in [1.29, 1.82) is 0 Å². The summed E-state index contributed by atoms with van der Waals surface area (Å²) in [7, 11) is 0. The summed E-state index contributed by atoms with van der Waals surface area (Å²) in [4.78, 5) is 36.7. The van der Waals surface area contributed by atoms with Crippen molar-refractivity contribution in [3.63, 3.8) is 0 Å². The van der Waals surface area contributed by atoms with E-state index in [1.807, 2.05) is 72.8 Å². The molecule has 1 aliphatic rings. The molecule has 2 amide bonds. The Morgan fingerprint density at radius 2 is 1.74 bits per heavy atom. The summed E-state index contributed by atoms with van der Waals surface area (Å²) in [6.07, 6.45) is 0.213. The Hall–Kier alpha value is -4.46. The molecule has 0 aliphatic heterocycles. The normalized spacial score (nSPS) is 16.5. The molecule has 1 fully saturated rings. The Morgan fingerprint density at radius 3 is 2.57 bits per heavy atom. The van der Waals surface area contributed by atoms with E-state index in [1.54, 1.807) is 6.07 Å². The second-order valence-electron chi connectivity index (χ2n) is 8.56. The highest BCUT2D eigenvalue weighted by Gasteiger charge is 2.43. The zero-order chi connectivity index (χ0) is 24.2. The number of H-pyrrole nitrogens is 1. The van der Waals surface area contributed by atoms with Crippen LogP contribution in [0.5, 0.6) is 0 Å². The van der Waals surface area contributed by atoms with Crippen LogP contribution in [0.3, 0.4) is 0 Å². The summed E-state index contributed by atoms with van der Waals surface area (Å²) in [5.74, 6) is -0.182. The average molecular weight is 469 g/mol. The Labute approximate surface area is 201 Å². The fraction of sp³-hybridized carbons (Fsp3) is 0.185. The van der Waals surface area contributed by atoms with Gasteiger partial charge in [-0.05, 0) is 36.1 Å². The van der Waals surface area contributed by atoms with Gasteiger partial charge in [0, 0.05) is 29.1 Å². The molecule has 1 aliphatic carbocycles. The maximum absolute atomic E-state index is 12.7. The molecule has 1 saturated carbocycles. The van der Waals surface area contributed by atoms with Gasteiger partial charge in [-0.2, -0.15) is 5.10 Å². The molecule has 4 aromatic rings. The number of hydrogen-bond donors (Lipinski definition) is 3. The number of amides is 2. The number of aromatic nitrogens is 2. The number of anilines is 1. The van der Waals surface area contributed by atoms with Crippen LogP contribution in [0.1, 0.15) is 12.0 Å². The van der Waals surface area contributed by atoms with Gasteiger partial charge in [-0.3, -0.25) is 9.59 Å². The Morgan fingerprint density at radius 1 is 0.971 bits per heavy atom. The second-order valence-corrected chi connectivity index (χ2v) is 8.56. The van der Waals surface area contributed by atoms with Gasteiger partial charge in [-0.1, -0.05) is 60.7 Å². The molecular formula is C27H24N4O4. The van der Waals surface area contributed by atoms with E-state index < -0.39 is 6.09 Å². The van der Waals surface area contributed by atoms with Crippen LogP contribution in [0, 0.1) is 11.8 Å². The molecule has 1 heterocycles. The molecule has 2 atom stereocenters. The van der Waals surface area contributed by atoms with Crippen molar-refractivity contribution in [3.05, 3.63) is 94.8 Å². The van der Waals surface area contributed by atoms with Gasteiger partial charge in [-0.25, -0.2) is 9.89 Å². The van der Waals surface area contributed by atoms with Gasteiger partial charge in [-0.15, -0.1) is 0 Å². The summed E-state index contributed by atoms with van der Waals surface area (Å²) in [5, 5.41) is 13.8. The highest BCUT2D eigenvalue weighted by Crippen LogP contribution is 2.39. The van der Waals surface area contributed by atoms with Crippen molar-refractivity contribution < 1.29 is 14.3 Å². The van der Waals surface area contributed by atoms with Crippen LogP contribution >= 0.6 is 0 Å². The fourth-order valence-electron chi connectivity index (χ4n) is 4.10. The van der Waals surface area contributed by atoms with Crippen LogP contribution in [0.4, 0.5) is 10.5 Å². The predicted molar refractivity (Wildman–Crippen MR) is 133 cm³/mol. The second kappa shape index (κ2) is 9.80. The van der Waals surface area contributed by atoms with Crippen molar-refractivity contribution in [2.45, 2.75) is 13.0 Å². The molecule has 0 saturated heterocycles. The third-order valence-electron chi connectivity index (χ3n) is 6.08. The zero-order valence-electron chi connectivity index (χ0n) is 18.9. The third-order valence-corrected chi connectivity index (χ3v) is 6.08. The average Bonchev–Trinajstić information content (AvgIpc) is 3.67. The van der Waals surface area contributed by atoms with Crippen LogP contribution in [0.25, 0.3) is 22.0 Å². The summed E-state index contributed by atoms with van der Waals surface area (Å²) >= 11 is 0. The number of ether oxygens (including phenoxy) is 1. The molecule has 8 heteroatoms. The Balaban J connectivity index is 1.16. The van der Waals surface area contributed by atoms with Crippen LogP contribution in [-0.4, -0.2) is 28.7 Å². The minimum absolute atomic E-state index is 0.0762. The summed E-state index contributed by atoms with van der Waals surface area (Å²) < 4.78 is 5.21. The van der Waals surface area contributed by atoms with E-state index in [-0.39, 0.29) is 29.9 Å². The number of carbonyl (C=O) groups is 2. The van der Waals surface area contributed by atoms with Gasteiger partial charge >= 0.3 is 6.09 Å². The molecule has 35 heavy (non-hydrogen) atoms. The van der Waals surface area contributed by atoms with Crippen molar-refractivity contribution in [1.82, 2.24) is 15.5 Å². The van der Waals surface area contributed by atoms with Gasteiger partial charge in [0.05, 0.1) is 11.1 Å². The van der Waals surface area contributed by atoms with Crippen molar-refractivity contribution in [2.75, 3.05) is 11.9 Å². The number of fused-ring (bicyclic) bond motifs is 1. The number of rotatable bonds is 7. The molecule has 0 bridgehead atoms. The SMILES string of the molecule is O=C(NC[C@@H]1C[C@H]1C(=O)Nc1cccc(-c2n[nH]c(=O)c3ccccc23)c1)OCc1ccccc1. The van der Waals surface area contributed by atoms with E-state index in [2.05, 4.69) is 20.8 Å². The smallest absolute Gasteiger partial charge is 0.407 e. The van der Waals surface area contributed by atoms with Crippen molar-refractivity contribution in [3.8, 4) is 11.3 Å². The predicted octanol–water partition coefficient (Wildman–Crippen LogP) is 4.09. The number of benzene rings is 3. The highest BCUT2D eigenvalue weighted by atomic mass is 16.5. The third kappa shape index (κ3) is 5.22. The van der Waals surface area contributed by atoms with E-state index in [0.717, 1.165) is 16.5 Å². The fourth-order valence-corrected chi connectivity index (χ4v) is 4.10. The highest BCUT2D eigenvalue weighted by molar-refractivity contribution is 5.97. The summed E-state index contributed by atoms with van der Waals surface area (Å²) in [6.45, 7) is 0.593. The first kappa shape index (κ1) is 22.3. The standard InChI is InChI=1S/C27H24N4O4/c32-25(23-14-19(23)15-28-27(34)35-16-17-7-2-1-3-8-17)29-20-10-6-9-18(13-20)24-21-11-4-5-12-22(21)26(33)31-30-24/h1-13,19,23H,14-16H2,(H,28,34)(H,29,32)(H,31,33)/t19-,23+/m0/s1. The molecule has 5 rings (SSSR count). The Kier molecular flexibility index (Phi) is 6.26. The van der Waals surface area contributed by atoms with Crippen LogP contribution in [0.2, 0.25) is 0 Å². The van der Waals surface area contributed by atoms with E-state index >= 15 is 0 Å². The molecule has 1 aromatic heterocycles. The van der Waals surface area contributed by atoms with Gasteiger partial charge in [0.2, 0.25) is 5.91 Å². The first-order valence-corrected chi connectivity index (χ1v) is 11.4. The zero-order valence-corrected chi connectivity index (χ0v) is 18.9. The molecule has 176 valence electrons. The lowest BCUT2D eigenvalue weighted by atomic mass is 10.0. The van der Waals surface area contributed by atoms with Crippen LogP contribution in [-0.2, 0) is 16.1 Å². The maximum atomic E-state index is 12.7. The molecule has 0 unspecified atom stereocenters. The lowest BCUT2D eigenvalue weighted by molar-refractivity contribution is -0.117. The quantitative estimate of drug-likeness (QED) is 0.378. The van der Waals surface area contributed by atoms with E-state index in [9.17, 15) is 14.4 Å². The van der Waals surface area contributed by atoms with E-state index in [1.165, 1.54) is 0 Å². The number of nitrogens with zero attached hydrogens (tertiary/aromatic N) is 1. The monoisotopic (exact) mass is 468 g/mol. The molecule has 8 nitrogen and oxygen atoms in total. The largest absolute Gasteiger partial charge is 0.445 e. The molecule has 0 spiro atoms. The molecule has 3 N–H and O–H groups in total. The van der Waals surface area contributed by atoms with Gasteiger partial charge in [0.25, 0.3) is 5.56 Å². The first-order valence-electron chi connectivity index (χ1n) is 11.4. The topological polar surface area (TPSA) is 113 Å². The number of carbonyl (C=O) groups excluding carboxylic acids is 2. The van der Waals surface area contributed by atoms with E-state index in [4.69, 9.17) is 4.74 Å². The molecule has 3 aromatic carbocycles. The minimum Gasteiger partial charge on any atom is -0.445 e. The van der Waals surface area contributed by atoms with Crippen LogP contribution in [0.15, 0.2) is 83.7 Å². The maximum Gasteiger partial charge on any atom is 0.407 e. The van der Waals surface area contributed by atoms with Crippen molar-refractivity contribution >= 4 is 28.5 Å². The molecule has 0 radical (unpaired) electrons. The number of alkyl carbamates (subject to hydrolysis) is 1. The van der Waals surface area contributed by atoms with Crippen LogP contribution < -0.4 is 16.2 Å². The lowest BCUT2D eigenvalue weighted by Gasteiger charge is -2.09.